The Labute approximate surface area is 128 Å². The second-order valence-electron chi connectivity index (χ2n) is 4.45. The minimum atomic E-state index is -3.43. The number of hydrogen-bond acceptors (Lipinski definition) is 6. The monoisotopic (exact) mass is 327 g/mol. The molecule has 0 amide bonds. The normalized spacial score (nSPS) is 13.0. The van der Waals surface area contributed by atoms with Crippen LogP contribution in [0.25, 0.3) is 0 Å². The van der Waals surface area contributed by atoms with E-state index in [1.54, 1.807) is 37.4 Å². The fraction of sp³-hybridized carbons (Fsp3) is 0.308. The highest BCUT2D eigenvalue weighted by Crippen LogP contribution is 2.16. The van der Waals surface area contributed by atoms with Gasteiger partial charge in [-0.15, -0.1) is 11.3 Å². The molecule has 0 aliphatic rings. The third-order valence-electron chi connectivity index (χ3n) is 2.66. The van der Waals surface area contributed by atoms with E-state index in [4.69, 9.17) is 10.5 Å². The summed E-state index contributed by atoms with van der Waals surface area (Å²) in [6.45, 7) is 1.82. The molecule has 21 heavy (non-hydrogen) atoms. The van der Waals surface area contributed by atoms with Gasteiger partial charge in [-0.25, -0.2) is 18.1 Å². The molecule has 0 saturated carbocycles. The number of benzene rings is 1. The molecular weight excluding hydrogens is 310 g/mol. The molecule has 3 N–H and O–H groups in total. The molecule has 0 spiro atoms. The van der Waals surface area contributed by atoms with Crippen molar-refractivity contribution in [2.75, 3.05) is 18.1 Å². The molecular formula is C13H17N3O3S2. The predicted octanol–water partition coefficient (Wildman–Crippen LogP) is 1.78. The van der Waals surface area contributed by atoms with Crippen LogP contribution in [0.3, 0.4) is 0 Å². The van der Waals surface area contributed by atoms with Crippen molar-refractivity contribution in [3.8, 4) is 5.75 Å². The van der Waals surface area contributed by atoms with E-state index in [2.05, 4.69) is 9.71 Å². The van der Waals surface area contributed by atoms with Gasteiger partial charge in [0.05, 0.1) is 11.8 Å². The number of ether oxygens (including phenoxy) is 1. The zero-order chi connectivity index (χ0) is 15.3. The second-order valence-corrected chi connectivity index (χ2v) is 7.25. The molecule has 0 bridgehead atoms. The summed E-state index contributed by atoms with van der Waals surface area (Å²) in [5.41, 5.74) is 6.19. The van der Waals surface area contributed by atoms with Crippen molar-refractivity contribution in [2.45, 2.75) is 13.0 Å². The first-order chi connectivity index (χ1) is 9.96. The molecule has 2 rings (SSSR count). The Bertz CT molecular complexity index is 672. The highest BCUT2D eigenvalue weighted by Gasteiger charge is 2.17. The van der Waals surface area contributed by atoms with Crippen LogP contribution in [-0.4, -0.2) is 25.8 Å². The highest BCUT2D eigenvalue weighted by molar-refractivity contribution is 7.89. The van der Waals surface area contributed by atoms with Gasteiger partial charge in [-0.05, 0) is 19.1 Å². The smallest absolute Gasteiger partial charge is 0.215 e. The zero-order valence-corrected chi connectivity index (χ0v) is 13.2. The lowest BCUT2D eigenvalue weighted by Gasteiger charge is -2.12. The fourth-order valence-corrected chi connectivity index (χ4v) is 3.49. The summed E-state index contributed by atoms with van der Waals surface area (Å²) in [6, 6.07) is 6.53. The molecule has 114 valence electrons. The van der Waals surface area contributed by atoms with Crippen molar-refractivity contribution >= 4 is 27.0 Å². The quantitative estimate of drug-likeness (QED) is 0.756. The van der Waals surface area contributed by atoms with E-state index in [9.17, 15) is 8.42 Å². The van der Waals surface area contributed by atoms with E-state index < -0.39 is 10.0 Å². The first-order valence-electron chi connectivity index (χ1n) is 6.34. The van der Waals surface area contributed by atoms with Crippen molar-refractivity contribution in [3.05, 3.63) is 40.8 Å². The lowest BCUT2D eigenvalue weighted by molar-refractivity contribution is 0.340. The number of rotatable bonds is 7. The number of nitrogens with zero attached hydrogens (tertiary/aromatic N) is 1. The number of anilines is 1. The van der Waals surface area contributed by atoms with Gasteiger partial charge in [-0.1, -0.05) is 6.07 Å². The molecule has 0 aliphatic carbocycles. The Hall–Kier alpha value is -1.64. The van der Waals surface area contributed by atoms with Crippen LogP contribution in [0.4, 0.5) is 5.69 Å². The van der Waals surface area contributed by atoms with Gasteiger partial charge in [0.1, 0.15) is 17.4 Å². The molecule has 1 aromatic carbocycles. The molecule has 0 radical (unpaired) electrons. The summed E-state index contributed by atoms with van der Waals surface area (Å²) in [5, 5.41) is 2.54. The van der Waals surface area contributed by atoms with Gasteiger partial charge in [0.15, 0.2) is 0 Å². The third kappa shape index (κ3) is 5.00. The maximum absolute atomic E-state index is 12.0. The second kappa shape index (κ2) is 6.88. The van der Waals surface area contributed by atoms with Crippen LogP contribution in [0.2, 0.25) is 0 Å². The van der Waals surface area contributed by atoms with Gasteiger partial charge in [-0.2, -0.15) is 0 Å². The predicted molar refractivity (Wildman–Crippen MR) is 83.8 cm³/mol. The number of nitrogens with one attached hydrogen (secondary N) is 1. The maximum atomic E-state index is 12.0. The first-order valence-corrected chi connectivity index (χ1v) is 8.87. The van der Waals surface area contributed by atoms with Gasteiger partial charge in [-0.3, -0.25) is 0 Å². The molecule has 1 atom stereocenters. The molecule has 1 unspecified atom stereocenters. The van der Waals surface area contributed by atoms with Crippen LogP contribution in [0, 0.1) is 0 Å². The lowest BCUT2D eigenvalue weighted by atomic mass is 10.3. The van der Waals surface area contributed by atoms with E-state index in [-0.39, 0.29) is 18.4 Å². The van der Waals surface area contributed by atoms with Crippen LogP contribution in [-0.2, 0) is 10.0 Å². The molecule has 0 aliphatic heterocycles. The minimum Gasteiger partial charge on any atom is -0.492 e. The molecule has 6 nitrogen and oxygen atoms in total. The Balaban J connectivity index is 1.84. The Morgan fingerprint density at radius 3 is 2.95 bits per heavy atom. The summed E-state index contributed by atoms with van der Waals surface area (Å²) >= 11 is 1.41. The summed E-state index contributed by atoms with van der Waals surface area (Å²) < 4.78 is 31.9. The zero-order valence-electron chi connectivity index (χ0n) is 11.5. The summed E-state index contributed by atoms with van der Waals surface area (Å²) in [6.07, 6.45) is 1.65. The standard InChI is InChI=1S/C13H17N3O3S2/c1-10(13-15-5-7-20-13)16-21(17,18)8-6-19-12-4-2-3-11(14)9-12/h2-5,7,9-10,16H,6,8,14H2,1H3. The Kier molecular flexibility index (Phi) is 5.16. The maximum Gasteiger partial charge on any atom is 0.215 e. The van der Waals surface area contributed by atoms with Crippen molar-refractivity contribution < 1.29 is 13.2 Å². The molecule has 1 aromatic heterocycles. The van der Waals surface area contributed by atoms with E-state index in [0.717, 1.165) is 5.01 Å². The Morgan fingerprint density at radius 1 is 1.48 bits per heavy atom. The fourth-order valence-electron chi connectivity index (χ4n) is 1.70. The number of thiazole rings is 1. The van der Waals surface area contributed by atoms with Crippen LogP contribution >= 0.6 is 11.3 Å². The minimum absolute atomic E-state index is 0.0589. The van der Waals surface area contributed by atoms with E-state index >= 15 is 0 Å². The molecule has 8 heteroatoms. The van der Waals surface area contributed by atoms with Gasteiger partial charge in [0.2, 0.25) is 10.0 Å². The molecule has 1 heterocycles. The summed E-state index contributed by atoms with van der Waals surface area (Å²) in [7, 11) is -3.43. The molecule has 0 fully saturated rings. The van der Waals surface area contributed by atoms with Gasteiger partial charge in [0.25, 0.3) is 0 Å². The third-order valence-corrected chi connectivity index (χ3v) is 5.03. The number of nitrogen functional groups attached to an aromatic ring is 1. The van der Waals surface area contributed by atoms with Gasteiger partial charge >= 0.3 is 0 Å². The van der Waals surface area contributed by atoms with Crippen LogP contribution in [0.15, 0.2) is 35.8 Å². The van der Waals surface area contributed by atoms with Crippen LogP contribution in [0.5, 0.6) is 5.75 Å². The number of sulfonamides is 1. The van der Waals surface area contributed by atoms with Crippen molar-refractivity contribution in [1.82, 2.24) is 9.71 Å². The summed E-state index contributed by atoms with van der Waals surface area (Å²) in [4.78, 5) is 4.08. The van der Waals surface area contributed by atoms with Crippen molar-refractivity contribution in [2.24, 2.45) is 0 Å². The molecule has 0 saturated heterocycles. The number of hydrogen-bond donors (Lipinski definition) is 2. The van der Waals surface area contributed by atoms with E-state index in [1.165, 1.54) is 11.3 Å². The molecule has 2 aromatic rings. The largest absolute Gasteiger partial charge is 0.492 e. The van der Waals surface area contributed by atoms with Crippen LogP contribution < -0.4 is 15.2 Å². The van der Waals surface area contributed by atoms with Gasteiger partial charge in [0, 0.05) is 23.3 Å². The SMILES string of the molecule is CC(NS(=O)(=O)CCOc1cccc(N)c1)c1nccs1. The van der Waals surface area contributed by atoms with Crippen molar-refractivity contribution in [1.29, 1.82) is 0 Å². The number of nitrogens with two attached hydrogens (primary N) is 1. The van der Waals surface area contributed by atoms with Crippen molar-refractivity contribution in [3.63, 3.8) is 0 Å². The van der Waals surface area contributed by atoms with Crippen LogP contribution in [0.1, 0.15) is 18.0 Å². The average molecular weight is 327 g/mol. The van der Waals surface area contributed by atoms with E-state index in [0.29, 0.717) is 11.4 Å². The average Bonchev–Trinajstić information content (AvgIpc) is 2.92. The Morgan fingerprint density at radius 2 is 2.29 bits per heavy atom. The highest BCUT2D eigenvalue weighted by atomic mass is 32.2. The lowest BCUT2D eigenvalue weighted by Crippen LogP contribution is -2.31. The number of aromatic nitrogens is 1. The van der Waals surface area contributed by atoms with Gasteiger partial charge < -0.3 is 10.5 Å². The topological polar surface area (TPSA) is 94.3 Å². The summed E-state index contributed by atoms with van der Waals surface area (Å²) in [5.74, 6) is 0.426. The van der Waals surface area contributed by atoms with E-state index in [1.807, 2.05) is 5.38 Å². The first kappa shape index (κ1) is 15.7.